The van der Waals surface area contributed by atoms with E-state index >= 15 is 0 Å². The number of nitrogens with zero attached hydrogens (tertiary/aromatic N) is 2. The lowest BCUT2D eigenvalue weighted by molar-refractivity contribution is 0.0527. The number of nitrogens with two attached hydrogens (primary N) is 1. The van der Waals surface area contributed by atoms with E-state index in [-0.39, 0.29) is 11.8 Å². The van der Waals surface area contributed by atoms with Gasteiger partial charge >= 0.3 is 5.97 Å². The Labute approximate surface area is 146 Å². The van der Waals surface area contributed by atoms with Crippen LogP contribution in [-0.2, 0) is 4.74 Å². The lowest BCUT2D eigenvalue weighted by atomic mass is 10.1. The Morgan fingerprint density at radius 2 is 1.72 bits per heavy atom. The first-order valence-corrected chi connectivity index (χ1v) is 8.41. The third kappa shape index (κ3) is 3.68. The largest absolute Gasteiger partial charge is 0.462 e. The highest BCUT2D eigenvalue weighted by molar-refractivity contribution is 5.97. The molecular weight excluding hydrogens is 321 g/mol. The molecule has 1 heterocycles. The third-order valence-corrected chi connectivity index (χ3v) is 4.33. The molecule has 0 bridgehead atoms. The van der Waals surface area contributed by atoms with Gasteiger partial charge in [-0.1, -0.05) is 12.1 Å². The summed E-state index contributed by atoms with van der Waals surface area (Å²) in [6.45, 7) is 4.81. The van der Waals surface area contributed by atoms with Crippen LogP contribution in [0.15, 0.2) is 42.5 Å². The van der Waals surface area contributed by atoms with E-state index < -0.39 is 0 Å². The van der Waals surface area contributed by atoms with Gasteiger partial charge in [-0.2, -0.15) is 0 Å². The van der Waals surface area contributed by atoms with Crippen molar-refractivity contribution in [3.05, 3.63) is 53.8 Å². The number of benzene rings is 2. The molecule has 3 rings (SSSR count). The van der Waals surface area contributed by atoms with Crippen molar-refractivity contribution in [1.82, 2.24) is 0 Å². The Bertz CT molecular complexity index is 758. The predicted octanol–water partition coefficient (Wildman–Crippen LogP) is 2.91. The second-order valence-electron chi connectivity index (χ2n) is 5.92. The summed E-state index contributed by atoms with van der Waals surface area (Å²) >= 11 is 0. The summed E-state index contributed by atoms with van der Waals surface area (Å²) in [7, 11) is 0. The zero-order chi connectivity index (χ0) is 17.8. The number of halogens is 1. The summed E-state index contributed by atoms with van der Waals surface area (Å²) in [6.07, 6.45) is 0. The van der Waals surface area contributed by atoms with Crippen molar-refractivity contribution in [1.29, 1.82) is 0 Å². The minimum atomic E-state index is -0.374. The van der Waals surface area contributed by atoms with Gasteiger partial charge in [0.25, 0.3) is 0 Å². The molecule has 2 aromatic rings. The molecule has 2 N–H and O–H groups in total. The second-order valence-corrected chi connectivity index (χ2v) is 5.92. The highest BCUT2D eigenvalue weighted by Crippen LogP contribution is 2.27. The quantitative estimate of drug-likeness (QED) is 0.683. The number of nitrogen functional groups attached to an aromatic ring is 1. The summed E-state index contributed by atoms with van der Waals surface area (Å²) in [5.41, 5.74) is 8.25. The average molecular weight is 343 g/mol. The van der Waals surface area contributed by atoms with E-state index in [2.05, 4.69) is 4.90 Å². The molecule has 0 atom stereocenters. The molecule has 1 fully saturated rings. The van der Waals surface area contributed by atoms with Crippen molar-refractivity contribution >= 4 is 23.0 Å². The zero-order valence-corrected chi connectivity index (χ0v) is 14.2. The fraction of sp³-hybridized carbons (Fsp3) is 0.316. The molecule has 1 aliphatic rings. The maximum absolute atomic E-state index is 14.0. The van der Waals surface area contributed by atoms with E-state index in [1.165, 1.54) is 6.07 Å². The van der Waals surface area contributed by atoms with Gasteiger partial charge in [-0.15, -0.1) is 0 Å². The Morgan fingerprint density at radius 1 is 1.08 bits per heavy atom. The number of carbonyl (C=O) groups excluding carboxylic acids is 1. The van der Waals surface area contributed by atoms with Gasteiger partial charge in [-0.3, -0.25) is 0 Å². The minimum Gasteiger partial charge on any atom is -0.462 e. The topological polar surface area (TPSA) is 58.8 Å². The van der Waals surface area contributed by atoms with Gasteiger partial charge in [-0.05, 0) is 37.3 Å². The molecule has 0 amide bonds. The molecule has 0 saturated carbocycles. The van der Waals surface area contributed by atoms with E-state index in [1.807, 2.05) is 17.0 Å². The maximum atomic E-state index is 14.0. The summed E-state index contributed by atoms with van der Waals surface area (Å²) < 4.78 is 19.1. The van der Waals surface area contributed by atoms with E-state index in [1.54, 1.807) is 31.2 Å². The molecular formula is C19H22FN3O2. The second kappa shape index (κ2) is 7.42. The van der Waals surface area contributed by atoms with Crippen LogP contribution in [0.2, 0.25) is 0 Å². The van der Waals surface area contributed by atoms with Crippen molar-refractivity contribution in [2.75, 3.05) is 48.3 Å². The van der Waals surface area contributed by atoms with E-state index in [0.717, 1.165) is 5.69 Å². The molecule has 5 nitrogen and oxygen atoms in total. The number of esters is 1. The molecule has 0 aliphatic carbocycles. The van der Waals surface area contributed by atoms with E-state index in [0.29, 0.717) is 49.7 Å². The van der Waals surface area contributed by atoms with Crippen LogP contribution in [0.3, 0.4) is 0 Å². The van der Waals surface area contributed by atoms with Crippen LogP contribution in [-0.4, -0.2) is 38.8 Å². The van der Waals surface area contributed by atoms with Crippen LogP contribution in [0, 0.1) is 5.82 Å². The Hall–Kier alpha value is -2.76. The first-order valence-electron chi connectivity index (χ1n) is 8.41. The van der Waals surface area contributed by atoms with Crippen LogP contribution >= 0.6 is 0 Å². The normalized spacial score (nSPS) is 14.5. The fourth-order valence-electron chi connectivity index (χ4n) is 3.10. The maximum Gasteiger partial charge on any atom is 0.340 e. The fourth-order valence-corrected chi connectivity index (χ4v) is 3.10. The molecule has 6 heteroatoms. The summed E-state index contributed by atoms with van der Waals surface area (Å²) in [4.78, 5) is 16.4. The van der Waals surface area contributed by atoms with Crippen LogP contribution in [0.25, 0.3) is 0 Å². The number of rotatable bonds is 4. The molecule has 25 heavy (non-hydrogen) atoms. The van der Waals surface area contributed by atoms with Crippen LogP contribution in [0.5, 0.6) is 0 Å². The molecule has 0 radical (unpaired) electrons. The number of anilines is 3. The van der Waals surface area contributed by atoms with Crippen molar-refractivity contribution in [3.63, 3.8) is 0 Å². The van der Waals surface area contributed by atoms with Crippen molar-refractivity contribution in [2.45, 2.75) is 6.92 Å². The van der Waals surface area contributed by atoms with Crippen LogP contribution in [0.4, 0.5) is 21.5 Å². The summed E-state index contributed by atoms with van der Waals surface area (Å²) in [5.74, 6) is -0.586. The number of hydrogen-bond donors (Lipinski definition) is 1. The molecule has 1 aliphatic heterocycles. The molecule has 132 valence electrons. The van der Waals surface area contributed by atoms with Gasteiger partial charge in [0.2, 0.25) is 0 Å². The number of carbonyl (C=O) groups is 1. The highest BCUT2D eigenvalue weighted by atomic mass is 19.1. The average Bonchev–Trinajstić information content (AvgIpc) is 2.62. The first-order chi connectivity index (χ1) is 12.1. The van der Waals surface area contributed by atoms with Gasteiger partial charge < -0.3 is 20.3 Å². The monoisotopic (exact) mass is 343 g/mol. The predicted molar refractivity (Wildman–Crippen MR) is 97.6 cm³/mol. The highest BCUT2D eigenvalue weighted by Gasteiger charge is 2.23. The first kappa shape index (κ1) is 17.1. The number of ether oxygens (including phenoxy) is 1. The van der Waals surface area contributed by atoms with Gasteiger partial charge in [0.1, 0.15) is 5.82 Å². The van der Waals surface area contributed by atoms with Crippen LogP contribution < -0.4 is 15.5 Å². The standard InChI is InChI=1S/C19H22FN3O2/c1-2-25-19(24)15-13-14(21)7-8-17(15)22-9-11-23(12-10-22)18-6-4-3-5-16(18)20/h3-8,13H,2,9-12,21H2,1H3. The number of piperazine rings is 1. The third-order valence-electron chi connectivity index (χ3n) is 4.33. The van der Waals surface area contributed by atoms with E-state index in [4.69, 9.17) is 10.5 Å². The Morgan fingerprint density at radius 3 is 2.36 bits per heavy atom. The lowest BCUT2D eigenvalue weighted by Gasteiger charge is -2.38. The van der Waals surface area contributed by atoms with Gasteiger partial charge in [0.15, 0.2) is 0 Å². The Balaban J connectivity index is 1.77. The van der Waals surface area contributed by atoms with Crippen molar-refractivity contribution in [3.8, 4) is 0 Å². The van der Waals surface area contributed by atoms with Gasteiger partial charge in [0.05, 0.1) is 23.5 Å². The number of para-hydroxylation sites is 1. The summed E-state index contributed by atoms with van der Waals surface area (Å²) in [6, 6.07) is 12.1. The number of hydrogen-bond acceptors (Lipinski definition) is 5. The minimum absolute atomic E-state index is 0.212. The SMILES string of the molecule is CCOC(=O)c1cc(N)ccc1N1CCN(c2ccccc2F)CC1. The molecule has 1 saturated heterocycles. The van der Waals surface area contributed by atoms with Crippen molar-refractivity contribution < 1.29 is 13.9 Å². The van der Waals surface area contributed by atoms with Crippen molar-refractivity contribution in [2.24, 2.45) is 0 Å². The van der Waals surface area contributed by atoms with Crippen LogP contribution in [0.1, 0.15) is 17.3 Å². The van der Waals surface area contributed by atoms with Gasteiger partial charge in [-0.25, -0.2) is 9.18 Å². The zero-order valence-electron chi connectivity index (χ0n) is 14.2. The molecule has 0 spiro atoms. The molecule has 0 unspecified atom stereocenters. The summed E-state index contributed by atoms with van der Waals surface area (Å²) in [5, 5.41) is 0. The molecule has 2 aromatic carbocycles. The Kier molecular flexibility index (Phi) is 5.07. The molecule has 0 aromatic heterocycles. The smallest absolute Gasteiger partial charge is 0.340 e. The van der Waals surface area contributed by atoms with E-state index in [9.17, 15) is 9.18 Å². The lowest BCUT2D eigenvalue weighted by Crippen LogP contribution is -2.47. The van der Waals surface area contributed by atoms with Gasteiger partial charge in [0, 0.05) is 31.9 Å².